The summed E-state index contributed by atoms with van der Waals surface area (Å²) in [6, 6.07) is 6.26. The molecule has 74 valence electrons. The van der Waals surface area contributed by atoms with E-state index in [1.165, 1.54) is 26.2 Å². The second-order valence-electron chi connectivity index (χ2n) is 2.27. The Kier molecular flexibility index (Phi) is 5.55. The maximum absolute atomic E-state index is 10.2. The normalized spacial score (nSPS) is 7.79. The number of aromatic hydroxyl groups is 1. The first-order valence-corrected chi connectivity index (χ1v) is 3.82. The number of nitrogens with zero attached hydrogens (tertiary/aromatic N) is 1. The molecular formula is C10H11NO3. The van der Waals surface area contributed by atoms with Crippen LogP contribution in [0.15, 0.2) is 18.2 Å². The number of nitriles is 1. The summed E-state index contributed by atoms with van der Waals surface area (Å²) >= 11 is 0. The van der Waals surface area contributed by atoms with E-state index < -0.39 is 0 Å². The summed E-state index contributed by atoms with van der Waals surface area (Å²) < 4.78 is 4.82. The average Bonchev–Trinajstić information content (AvgIpc) is 2.19. The zero-order valence-electron chi connectivity index (χ0n) is 8.02. The summed E-state index contributed by atoms with van der Waals surface area (Å²) in [6.07, 6.45) is 0.592. The Hall–Kier alpha value is -2.02. The Morgan fingerprint density at radius 1 is 1.57 bits per heavy atom. The summed E-state index contributed by atoms with van der Waals surface area (Å²) in [4.78, 5) is 10.2. The number of phenolic OH excluding ortho intramolecular Hbond substituents is 1. The molecule has 0 spiro atoms. The molecule has 0 unspecified atom stereocenters. The van der Waals surface area contributed by atoms with Crippen molar-refractivity contribution in [2.45, 2.75) is 6.92 Å². The smallest absolute Gasteiger partial charge is 0.153 e. The molecule has 0 aromatic heterocycles. The third kappa shape index (κ3) is 3.59. The van der Waals surface area contributed by atoms with Gasteiger partial charge < -0.3 is 9.84 Å². The predicted octanol–water partition coefficient (Wildman–Crippen LogP) is 1.74. The van der Waals surface area contributed by atoms with Gasteiger partial charge in [0, 0.05) is 13.0 Å². The molecule has 1 aromatic rings. The third-order valence-electron chi connectivity index (χ3n) is 1.36. The molecule has 0 heterocycles. The number of hydrogen-bond acceptors (Lipinski definition) is 4. The van der Waals surface area contributed by atoms with Crippen molar-refractivity contribution >= 4 is 6.29 Å². The van der Waals surface area contributed by atoms with Gasteiger partial charge in [0.15, 0.2) is 6.29 Å². The summed E-state index contributed by atoms with van der Waals surface area (Å²) in [5.74, 6) is 0.479. The highest BCUT2D eigenvalue weighted by Gasteiger charge is 1.99. The highest BCUT2D eigenvalue weighted by Crippen LogP contribution is 2.21. The molecule has 1 aromatic carbocycles. The molecule has 14 heavy (non-hydrogen) atoms. The van der Waals surface area contributed by atoms with Crippen LogP contribution in [0.3, 0.4) is 0 Å². The van der Waals surface area contributed by atoms with Crippen LogP contribution in [-0.2, 0) is 0 Å². The van der Waals surface area contributed by atoms with Crippen molar-refractivity contribution in [3.05, 3.63) is 23.8 Å². The Labute approximate surface area is 82.4 Å². The van der Waals surface area contributed by atoms with Crippen LogP contribution < -0.4 is 4.74 Å². The molecule has 0 aliphatic rings. The molecule has 0 atom stereocenters. The second-order valence-corrected chi connectivity index (χ2v) is 2.27. The van der Waals surface area contributed by atoms with Crippen molar-refractivity contribution < 1.29 is 14.6 Å². The Morgan fingerprint density at radius 3 is 2.50 bits per heavy atom. The van der Waals surface area contributed by atoms with Crippen LogP contribution in [0, 0.1) is 11.3 Å². The number of aldehydes is 1. The van der Waals surface area contributed by atoms with Crippen molar-refractivity contribution in [1.29, 1.82) is 5.26 Å². The van der Waals surface area contributed by atoms with Crippen molar-refractivity contribution in [2.24, 2.45) is 0 Å². The molecule has 0 fully saturated rings. The molecule has 4 heteroatoms. The maximum Gasteiger partial charge on any atom is 0.153 e. The van der Waals surface area contributed by atoms with Gasteiger partial charge in [-0.1, -0.05) is 0 Å². The lowest BCUT2D eigenvalue weighted by atomic mass is 10.2. The highest BCUT2D eigenvalue weighted by atomic mass is 16.5. The van der Waals surface area contributed by atoms with Gasteiger partial charge in [-0.15, -0.1) is 0 Å². The largest absolute Gasteiger partial charge is 0.507 e. The van der Waals surface area contributed by atoms with E-state index in [4.69, 9.17) is 15.1 Å². The number of rotatable bonds is 2. The molecule has 1 N–H and O–H groups in total. The van der Waals surface area contributed by atoms with E-state index >= 15 is 0 Å². The minimum atomic E-state index is -0.0562. The van der Waals surface area contributed by atoms with Crippen LogP contribution in [0.1, 0.15) is 17.3 Å². The van der Waals surface area contributed by atoms with Crippen molar-refractivity contribution in [1.82, 2.24) is 0 Å². The summed E-state index contributed by atoms with van der Waals surface area (Å²) in [5.41, 5.74) is 0.269. The number of ether oxygens (including phenoxy) is 1. The number of phenols is 1. The number of carbonyl (C=O) groups excluding carboxylic acids is 1. The van der Waals surface area contributed by atoms with Crippen molar-refractivity contribution in [3.63, 3.8) is 0 Å². The van der Waals surface area contributed by atoms with Crippen LogP contribution in [0.2, 0.25) is 0 Å². The zero-order valence-corrected chi connectivity index (χ0v) is 8.02. The van der Waals surface area contributed by atoms with Crippen LogP contribution >= 0.6 is 0 Å². The van der Waals surface area contributed by atoms with Gasteiger partial charge in [0.2, 0.25) is 0 Å². The fraction of sp³-hybridized carbons (Fsp3) is 0.200. The molecule has 0 aliphatic carbocycles. The quantitative estimate of drug-likeness (QED) is 0.726. The molecule has 0 radical (unpaired) electrons. The average molecular weight is 193 g/mol. The first-order valence-electron chi connectivity index (χ1n) is 3.82. The van der Waals surface area contributed by atoms with E-state index in [0.717, 1.165) is 0 Å². The summed E-state index contributed by atoms with van der Waals surface area (Å²) in [7, 11) is 1.50. The van der Waals surface area contributed by atoms with E-state index in [2.05, 4.69) is 0 Å². The van der Waals surface area contributed by atoms with Gasteiger partial charge in [0.1, 0.15) is 11.5 Å². The number of hydrogen-bond donors (Lipinski definition) is 1. The zero-order chi connectivity index (χ0) is 11.0. The Balaban J connectivity index is 0.000000500. The van der Waals surface area contributed by atoms with Gasteiger partial charge in [0.05, 0.1) is 18.7 Å². The van der Waals surface area contributed by atoms with Gasteiger partial charge in [-0.3, -0.25) is 4.79 Å². The SMILES string of the molecule is CC#N.COc1ccc(C=O)c(O)c1. The topological polar surface area (TPSA) is 70.3 Å². The fourth-order valence-corrected chi connectivity index (χ4v) is 0.750. The molecule has 0 aliphatic heterocycles. The molecule has 0 saturated heterocycles. The van der Waals surface area contributed by atoms with Gasteiger partial charge in [-0.05, 0) is 12.1 Å². The summed E-state index contributed by atoms with van der Waals surface area (Å²) in [6.45, 7) is 1.43. The Morgan fingerprint density at radius 2 is 2.14 bits per heavy atom. The Bertz CT molecular complexity index is 342. The number of carbonyl (C=O) groups is 1. The van der Waals surface area contributed by atoms with Crippen molar-refractivity contribution in [3.8, 4) is 17.6 Å². The van der Waals surface area contributed by atoms with E-state index in [-0.39, 0.29) is 11.3 Å². The molecule has 0 bridgehead atoms. The lowest BCUT2D eigenvalue weighted by molar-refractivity contribution is 0.112. The van der Waals surface area contributed by atoms with Crippen LogP contribution in [0.5, 0.6) is 11.5 Å². The lowest BCUT2D eigenvalue weighted by Crippen LogP contribution is -1.85. The molecule has 4 nitrogen and oxygen atoms in total. The first kappa shape index (κ1) is 12.0. The molecular weight excluding hydrogens is 182 g/mol. The predicted molar refractivity (Wildman–Crippen MR) is 51.3 cm³/mol. The van der Waals surface area contributed by atoms with E-state index in [1.54, 1.807) is 12.1 Å². The van der Waals surface area contributed by atoms with Crippen LogP contribution in [0.25, 0.3) is 0 Å². The second kappa shape index (κ2) is 6.49. The number of methoxy groups -OCH3 is 1. The number of benzene rings is 1. The van der Waals surface area contributed by atoms with E-state index in [0.29, 0.717) is 12.0 Å². The van der Waals surface area contributed by atoms with Gasteiger partial charge in [-0.2, -0.15) is 5.26 Å². The van der Waals surface area contributed by atoms with Gasteiger partial charge in [-0.25, -0.2) is 0 Å². The van der Waals surface area contributed by atoms with Crippen molar-refractivity contribution in [2.75, 3.05) is 7.11 Å². The standard InChI is InChI=1S/C8H8O3.C2H3N/c1-11-7-3-2-6(5-9)8(10)4-7;1-2-3/h2-5,10H,1H3;1H3. The first-order chi connectivity index (χ1) is 6.69. The molecule has 1 rings (SSSR count). The van der Waals surface area contributed by atoms with Gasteiger partial charge in [0.25, 0.3) is 0 Å². The third-order valence-corrected chi connectivity index (χ3v) is 1.36. The van der Waals surface area contributed by atoms with Crippen LogP contribution in [0.4, 0.5) is 0 Å². The molecule has 0 amide bonds. The maximum atomic E-state index is 10.2. The minimum absolute atomic E-state index is 0.0562. The van der Waals surface area contributed by atoms with Crippen LogP contribution in [-0.4, -0.2) is 18.5 Å². The van der Waals surface area contributed by atoms with E-state index in [9.17, 15) is 4.79 Å². The lowest BCUT2D eigenvalue weighted by Gasteiger charge is -2.00. The minimum Gasteiger partial charge on any atom is -0.507 e. The fourth-order valence-electron chi connectivity index (χ4n) is 0.750. The van der Waals surface area contributed by atoms with Gasteiger partial charge >= 0.3 is 0 Å². The monoisotopic (exact) mass is 193 g/mol. The highest BCUT2D eigenvalue weighted by molar-refractivity contribution is 5.79. The summed E-state index contributed by atoms with van der Waals surface area (Å²) in [5, 5.41) is 16.4. The molecule has 0 saturated carbocycles. The van der Waals surface area contributed by atoms with E-state index in [1.807, 2.05) is 0 Å².